The van der Waals surface area contributed by atoms with Gasteiger partial charge < -0.3 is 14.8 Å². The molecule has 2 aliphatic heterocycles. The van der Waals surface area contributed by atoms with Gasteiger partial charge in [-0.3, -0.25) is 19.4 Å². The van der Waals surface area contributed by atoms with E-state index in [2.05, 4.69) is 14.8 Å². The maximum Gasteiger partial charge on any atom is 0.295 e. The maximum atomic E-state index is 13.5. The van der Waals surface area contributed by atoms with Crippen molar-refractivity contribution < 1.29 is 14.4 Å². The fraction of sp³-hybridized carbons (Fsp3) is 0.265. The van der Waals surface area contributed by atoms with Gasteiger partial charge in [0.25, 0.3) is 17.6 Å². The predicted molar refractivity (Wildman–Crippen MR) is 162 cm³/mol. The number of Topliss-reactive ketones (excluding diaryl/α,β-unsaturated/α-hetero) is 1. The van der Waals surface area contributed by atoms with E-state index in [1.165, 1.54) is 0 Å². The molecule has 42 heavy (non-hydrogen) atoms. The minimum absolute atomic E-state index is 0.0398. The van der Waals surface area contributed by atoms with Crippen molar-refractivity contribution in [2.75, 3.05) is 26.2 Å². The van der Waals surface area contributed by atoms with Crippen LogP contribution in [0.2, 0.25) is 0 Å². The molecule has 2 aliphatic rings. The molecule has 0 bridgehead atoms. The standard InChI is InChI=1S/C34H31N5O3/c1-22-20-36-30(24-10-12-26(13-11-24)33(41)38-16-6-7-17-38)31-28(22)27(21-37-31)32(40)34(42)39-18-14-25(15-19-39)29(35-2)23-8-4-3-5-9-23/h3-5,8-13,20-21,37H,6-7,14-19H2,1H3. The number of fused-ring (bicyclic) bond motifs is 1. The number of H-pyrrole nitrogens is 1. The molecule has 0 unspecified atom stereocenters. The van der Waals surface area contributed by atoms with Gasteiger partial charge in [0.2, 0.25) is 0 Å². The largest absolute Gasteiger partial charge is 0.359 e. The first-order valence-corrected chi connectivity index (χ1v) is 14.3. The van der Waals surface area contributed by atoms with Gasteiger partial charge in [-0.25, -0.2) is 4.85 Å². The molecule has 4 aromatic rings. The van der Waals surface area contributed by atoms with Gasteiger partial charge in [-0.1, -0.05) is 48.0 Å². The third kappa shape index (κ3) is 4.99. The van der Waals surface area contributed by atoms with Gasteiger partial charge in [-0.05, 0) is 55.9 Å². The number of hydrogen-bond acceptors (Lipinski definition) is 4. The molecule has 8 heteroatoms. The zero-order chi connectivity index (χ0) is 29.2. The van der Waals surface area contributed by atoms with Crippen molar-refractivity contribution in [3.63, 3.8) is 0 Å². The number of pyridine rings is 1. The van der Waals surface area contributed by atoms with Crippen LogP contribution >= 0.6 is 0 Å². The number of rotatable bonds is 5. The Labute approximate surface area is 244 Å². The van der Waals surface area contributed by atoms with Gasteiger partial charge in [0, 0.05) is 55.1 Å². The predicted octanol–water partition coefficient (Wildman–Crippen LogP) is 5.91. The molecule has 0 spiro atoms. The van der Waals surface area contributed by atoms with Gasteiger partial charge in [-0.15, -0.1) is 0 Å². The lowest BCUT2D eigenvalue weighted by molar-refractivity contribution is -0.126. The summed E-state index contributed by atoms with van der Waals surface area (Å²) >= 11 is 0. The fourth-order valence-corrected chi connectivity index (χ4v) is 6.00. The Morgan fingerprint density at radius 3 is 2.24 bits per heavy atom. The van der Waals surface area contributed by atoms with Crippen LogP contribution in [-0.4, -0.2) is 63.5 Å². The van der Waals surface area contributed by atoms with Crippen molar-refractivity contribution in [1.29, 1.82) is 0 Å². The Bertz CT molecular complexity index is 1750. The number of ketones is 1. The van der Waals surface area contributed by atoms with Crippen LogP contribution < -0.4 is 0 Å². The third-order valence-electron chi connectivity index (χ3n) is 8.28. The lowest BCUT2D eigenvalue weighted by Crippen LogP contribution is -2.40. The molecule has 210 valence electrons. The molecule has 0 radical (unpaired) electrons. The molecule has 0 aliphatic carbocycles. The smallest absolute Gasteiger partial charge is 0.295 e. The highest BCUT2D eigenvalue weighted by Gasteiger charge is 2.29. The summed E-state index contributed by atoms with van der Waals surface area (Å²) in [5.41, 5.74) is 6.43. The first-order chi connectivity index (χ1) is 20.5. The van der Waals surface area contributed by atoms with Crippen molar-refractivity contribution in [3.05, 3.63) is 106 Å². The van der Waals surface area contributed by atoms with Gasteiger partial charge in [0.15, 0.2) is 5.70 Å². The highest BCUT2D eigenvalue weighted by molar-refractivity contribution is 6.45. The Morgan fingerprint density at radius 1 is 0.881 bits per heavy atom. The SMILES string of the molecule is [C-]#[N+]C(=C1CCN(C(=O)C(=O)c2c[nH]c3c(-c4ccc(C(=O)N5CCCC5)cc4)ncc(C)c23)CC1)c1ccccc1. The monoisotopic (exact) mass is 557 g/mol. The highest BCUT2D eigenvalue weighted by atomic mass is 16.2. The summed E-state index contributed by atoms with van der Waals surface area (Å²) in [7, 11) is 0. The van der Waals surface area contributed by atoms with Gasteiger partial charge in [-0.2, -0.15) is 0 Å². The number of benzene rings is 2. The van der Waals surface area contributed by atoms with E-state index in [1.54, 1.807) is 17.3 Å². The number of aryl methyl sites for hydroxylation is 1. The van der Waals surface area contributed by atoms with Crippen LogP contribution in [0.1, 0.15) is 57.5 Å². The average molecular weight is 558 g/mol. The summed E-state index contributed by atoms with van der Waals surface area (Å²) in [6.07, 6.45) is 6.50. The van der Waals surface area contributed by atoms with Crippen LogP contribution in [0.5, 0.6) is 0 Å². The number of hydrogen-bond donors (Lipinski definition) is 1. The second-order valence-electron chi connectivity index (χ2n) is 10.9. The quantitative estimate of drug-likeness (QED) is 0.188. The Balaban J connectivity index is 1.22. The first kappa shape index (κ1) is 27.2. The van der Waals surface area contributed by atoms with E-state index in [9.17, 15) is 14.4 Å². The summed E-state index contributed by atoms with van der Waals surface area (Å²) in [6.45, 7) is 11.9. The molecule has 2 amide bonds. The topological polar surface area (TPSA) is 90.7 Å². The molecule has 2 aromatic carbocycles. The van der Waals surface area contributed by atoms with E-state index in [1.807, 2.05) is 66.4 Å². The molecule has 0 atom stereocenters. The lowest BCUT2D eigenvalue weighted by Gasteiger charge is -2.28. The molecule has 2 aromatic heterocycles. The number of aromatic nitrogens is 2. The first-order valence-electron chi connectivity index (χ1n) is 14.3. The van der Waals surface area contributed by atoms with E-state index in [0.717, 1.165) is 48.2 Å². The third-order valence-corrected chi connectivity index (χ3v) is 8.28. The van der Waals surface area contributed by atoms with Crippen molar-refractivity contribution >= 4 is 34.2 Å². The summed E-state index contributed by atoms with van der Waals surface area (Å²) in [6, 6.07) is 17.0. The zero-order valence-electron chi connectivity index (χ0n) is 23.5. The van der Waals surface area contributed by atoms with E-state index in [4.69, 9.17) is 6.57 Å². The summed E-state index contributed by atoms with van der Waals surface area (Å²) in [4.78, 5) is 54.7. The number of nitrogens with zero attached hydrogens (tertiary/aromatic N) is 4. The van der Waals surface area contributed by atoms with Crippen molar-refractivity contribution in [2.24, 2.45) is 0 Å². The molecule has 4 heterocycles. The fourth-order valence-electron chi connectivity index (χ4n) is 6.00. The van der Waals surface area contributed by atoms with E-state index >= 15 is 0 Å². The second kappa shape index (κ2) is 11.5. The van der Waals surface area contributed by atoms with E-state index < -0.39 is 11.7 Å². The number of amides is 2. The second-order valence-corrected chi connectivity index (χ2v) is 10.9. The number of aromatic amines is 1. The van der Waals surface area contributed by atoms with Crippen LogP contribution in [0.25, 0.3) is 32.7 Å². The molecule has 1 N–H and O–H groups in total. The lowest BCUT2D eigenvalue weighted by atomic mass is 9.97. The number of carbonyl (C=O) groups excluding carboxylic acids is 3. The molecule has 2 fully saturated rings. The number of likely N-dealkylation sites (tertiary alicyclic amines) is 2. The van der Waals surface area contributed by atoms with Crippen LogP contribution in [0, 0.1) is 13.5 Å². The Kier molecular flexibility index (Phi) is 7.41. The molecule has 8 nitrogen and oxygen atoms in total. The van der Waals surface area contributed by atoms with Crippen molar-refractivity contribution in [3.8, 4) is 11.3 Å². The molecular weight excluding hydrogens is 526 g/mol. The number of piperidine rings is 1. The highest BCUT2D eigenvalue weighted by Crippen LogP contribution is 2.32. The molecule has 0 saturated carbocycles. The average Bonchev–Trinajstić information content (AvgIpc) is 3.74. The summed E-state index contributed by atoms with van der Waals surface area (Å²) in [5.74, 6) is -1.06. The van der Waals surface area contributed by atoms with Crippen LogP contribution in [0.15, 0.2) is 72.6 Å². The normalized spacial score (nSPS) is 15.1. The maximum absolute atomic E-state index is 13.5. The minimum atomic E-state index is -0.561. The van der Waals surface area contributed by atoms with E-state index in [0.29, 0.717) is 59.4 Å². The summed E-state index contributed by atoms with van der Waals surface area (Å²) in [5, 5.41) is 0.674. The van der Waals surface area contributed by atoms with Crippen LogP contribution in [-0.2, 0) is 4.79 Å². The Hall–Kier alpha value is -5.03. The van der Waals surface area contributed by atoms with Crippen molar-refractivity contribution in [1.82, 2.24) is 19.8 Å². The van der Waals surface area contributed by atoms with Crippen LogP contribution in [0.4, 0.5) is 0 Å². The van der Waals surface area contributed by atoms with Gasteiger partial charge in [0.05, 0.1) is 23.3 Å². The zero-order valence-corrected chi connectivity index (χ0v) is 23.5. The number of carbonyl (C=O) groups is 3. The van der Waals surface area contributed by atoms with Crippen LogP contribution in [0.3, 0.4) is 0 Å². The molecule has 6 rings (SSSR count). The van der Waals surface area contributed by atoms with Gasteiger partial charge in [0.1, 0.15) is 0 Å². The minimum Gasteiger partial charge on any atom is -0.359 e. The van der Waals surface area contributed by atoms with Gasteiger partial charge >= 0.3 is 0 Å². The number of nitrogens with one attached hydrogen (secondary N) is 1. The molecular formula is C34H31N5O3. The summed E-state index contributed by atoms with van der Waals surface area (Å²) < 4.78 is 0. The van der Waals surface area contributed by atoms with E-state index in [-0.39, 0.29) is 5.91 Å². The Morgan fingerprint density at radius 2 is 1.57 bits per heavy atom. The van der Waals surface area contributed by atoms with Crippen molar-refractivity contribution in [2.45, 2.75) is 32.6 Å². The molecule has 2 saturated heterocycles.